The van der Waals surface area contributed by atoms with E-state index in [2.05, 4.69) is 0 Å². The van der Waals surface area contributed by atoms with E-state index in [1.54, 1.807) is 19.1 Å². The number of ketones is 1. The van der Waals surface area contributed by atoms with Crippen LogP contribution in [0.3, 0.4) is 0 Å². The van der Waals surface area contributed by atoms with Gasteiger partial charge in [-0.25, -0.2) is 0 Å². The van der Waals surface area contributed by atoms with Crippen LogP contribution in [0.4, 0.5) is 0 Å². The van der Waals surface area contributed by atoms with Gasteiger partial charge in [0.15, 0.2) is 5.78 Å². The molecule has 3 N–H and O–H groups in total. The smallest absolute Gasteiger partial charge is 0.186 e. The molecule has 0 radical (unpaired) electrons. The highest BCUT2D eigenvalue weighted by atomic mass is 16.5. The molecule has 0 saturated heterocycles. The van der Waals surface area contributed by atoms with Crippen molar-refractivity contribution in [3.63, 3.8) is 0 Å². The molecule has 1 aromatic rings. The minimum absolute atomic E-state index is 0.0681. The third-order valence-corrected chi connectivity index (χ3v) is 2.03. The van der Waals surface area contributed by atoms with E-state index in [1.807, 2.05) is 13.8 Å². The Bertz CT molecular complexity index is 386. The van der Waals surface area contributed by atoms with Gasteiger partial charge in [0.1, 0.15) is 17.1 Å². The van der Waals surface area contributed by atoms with Crippen LogP contribution in [0.15, 0.2) is 18.2 Å². The molecule has 0 amide bonds. The molecule has 0 aromatic heterocycles. The summed E-state index contributed by atoms with van der Waals surface area (Å²) < 4.78 is 5.46. The first-order valence-electron chi connectivity index (χ1n) is 5.22. The van der Waals surface area contributed by atoms with Crippen LogP contribution in [0.25, 0.3) is 0 Å². The molecule has 0 saturated carbocycles. The third kappa shape index (κ3) is 2.73. The highest BCUT2D eigenvalue weighted by Gasteiger charge is 2.20. The van der Waals surface area contributed by atoms with Crippen LogP contribution in [0.1, 0.15) is 31.1 Å². The molecular weight excluding hydrogens is 206 g/mol. The van der Waals surface area contributed by atoms with Crippen LogP contribution < -0.4 is 10.5 Å². The highest BCUT2D eigenvalue weighted by Crippen LogP contribution is 2.29. The number of carbonyl (C=O) groups is 1. The molecule has 0 bridgehead atoms. The molecule has 1 unspecified atom stereocenters. The lowest BCUT2D eigenvalue weighted by molar-refractivity contribution is 0.0959. The number of carbonyl (C=O) groups excluding carboxylic acids is 1. The normalized spacial score (nSPS) is 12.6. The monoisotopic (exact) mass is 223 g/mol. The van der Waals surface area contributed by atoms with Crippen molar-refractivity contribution in [1.29, 1.82) is 0 Å². The van der Waals surface area contributed by atoms with Crippen molar-refractivity contribution in [2.45, 2.75) is 32.9 Å². The van der Waals surface area contributed by atoms with Gasteiger partial charge in [-0.2, -0.15) is 0 Å². The molecule has 1 atom stereocenters. The minimum Gasteiger partial charge on any atom is -0.507 e. The van der Waals surface area contributed by atoms with Crippen molar-refractivity contribution in [3.05, 3.63) is 23.8 Å². The lowest BCUT2D eigenvalue weighted by atomic mass is 10.0. The van der Waals surface area contributed by atoms with E-state index in [9.17, 15) is 9.90 Å². The van der Waals surface area contributed by atoms with Gasteiger partial charge in [0.2, 0.25) is 0 Å². The highest BCUT2D eigenvalue weighted by molar-refractivity contribution is 6.04. The molecule has 0 aliphatic carbocycles. The zero-order chi connectivity index (χ0) is 12.3. The van der Waals surface area contributed by atoms with Gasteiger partial charge in [-0.1, -0.05) is 6.07 Å². The summed E-state index contributed by atoms with van der Waals surface area (Å²) in [6.45, 7) is 5.28. The molecule has 0 spiro atoms. The second kappa shape index (κ2) is 4.99. The molecule has 4 nitrogen and oxygen atoms in total. The molecular formula is C12H17NO3. The number of ether oxygens (including phenoxy) is 1. The molecule has 0 fully saturated rings. The molecule has 0 heterocycles. The van der Waals surface area contributed by atoms with E-state index in [-0.39, 0.29) is 23.2 Å². The van der Waals surface area contributed by atoms with Crippen LogP contribution in [0.2, 0.25) is 0 Å². The number of hydrogen-bond acceptors (Lipinski definition) is 4. The Morgan fingerprint density at radius 1 is 1.38 bits per heavy atom. The van der Waals surface area contributed by atoms with Gasteiger partial charge >= 0.3 is 0 Å². The molecule has 4 heteroatoms. The van der Waals surface area contributed by atoms with Crippen molar-refractivity contribution in [1.82, 2.24) is 0 Å². The van der Waals surface area contributed by atoms with Crippen molar-refractivity contribution < 1.29 is 14.6 Å². The molecule has 1 aromatic carbocycles. The van der Waals surface area contributed by atoms with Crippen LogP contribution in [-0.4, -0.2) is 23.0 Å². The van der Waals surface area contributed by atoms with E-state index >= 15 is 0 Å². The standard InChI is InChI=1S/C12H17NO3/c1-7(2)16-10-6-4-5-9(14)11(10)12(15)8(3)13/h4-8,14H,13H2,1-3H3. The first-order valence-corrected chi connectivity index (χ1v) is 5.22. The quantitative estimate of drug-likeness (QED) is 0.762. The first-order chi connectivity index (χ1) is 7.43. The molecule has 0 aliphatic heterocycles. The lowest BCUT2D eigenvalue weighted by Gasteiger charge is -2.15. The SMILES string of the molecule is CC(C)Oc1cccc(O)c1C(=O)C(C)N. The van der Waals surface area contributed by atoms with E-state index < -0.39 is 6.04 Å². The summed E-state index contributed by atoms with van der Waals surface area (Å²) in [6.07, 6.45) is -0.0681. The van der Waals surface area contributed by atoms with E-state index in [1.165, 1.54) is 6.07 Å². The molecule has 88 valence electrons. The summed E-state index contributed by atoms with van der Waals surface area (Å²) in [5.74, 6) is -0.0495. The number of aromatic hydroxyl groups is 1. The van der Waals surface area contributed by atoms with Gasteiger partial charge in [0.05, 0.1) is 12.1 Å². The number of phenols is 1. The average Bonchev–Trinajstić information content (AvgIpc) is 2.16. The fourth-order valence-electron chi connectivity index (χ4n) is 1.35. The Morgan fingerprint density at radius 2 is 2.00 bits per heavy atom. The largest absolute Gasteiger partial charge is 0.507 e. The Morgan fingerprint density at radius 3 is 2.50 bits per heavy atom. The minimum atomic E-state index is -0.664. The number of Topliss-reactive ketones (excluding diaryl/α,β-unsaturated/α-hetero) is 1. The summed E-state index contributed by atoms with van der Waals surface area (Å²) in [4.78, 5) is 11.8. The van der Waals surface area contributed by atoms with E-state index in [4.69, 9.17) is 10.5 Å². The van der Waals surface area contributed by atoms with Gasteiger partial charge in [-0.05, 0) is 32.9 Å². The summed E-state index contributed by atoms with van der Waals surface area (Å²) in [7, 11) is 0. The fourth-order valence-corrected chi connectivity index (χ4v) is 1.35. The van der Waals surface area contributed by atoms with E-state index in [0.29, 0.717) is 5.75 Å². The third-order valence-electron chi connectivity index (χ3n) is 2.03. The van der Waals surface area contributed by atoms with Gasteiger partial charge < -0.3 is 15.6 Å². The topological polar surface area (TPSA) is 72.5 Å². The first kappa shape index (κ1) is 12.5. The number of phenolic OH excluding ortho intramolecular Hbond substituents is 1. The summed E-state index contributed by atoms with van der Waals surface area (Å²) in [6, 6.07) is 4.06. The number of nitrogens with two attached hydrogens (primary N) is 1. The Kier molecular flexibility index (Phi) is 3.90. The maximum atomic E-state index is 11.8. The Hall–Kier alpha value is -1.55. The maximum Gasteiger partial charge on any atom is 0.186 e. The molecule has 16 heavy (non-hydrogen) atoms. The van der Waals surface area contributed by atoms with Crippen molar-refractivity contribution >= 4 is 5.78 Å². The Labute approximate surface area is 95.0 Å². The number of rotatable bonds is 4. The van der Waals surface area contributed by atoms with Crippen molar-refractivity contribution in [2.24, 2.45) is 5.73 Å². The number of hydrogen-bond donors (Lipinski definition) is 2. The van der Waals surface area contributed by atoms with E-state index in [0.717, 1.165) is 0 Å². The van der Waals surface area contributed by atoms with Crippen LogP contribution in [0, 0.1) is 0 Å². The average molecular weight is 223 g/mol. The summed E-state index contributed by atoms with van der Waals surface area (Å²) in [5, 5.41) is 9.67. The van der Waals surface area contributed by atoms with Gasteiger partial charge in [-0.3, -0.25) is 4.79 Å². The predicted octanol–water partition coefficient (Wildman–Crippen LogP) is 1.71. The zero-order valence-electron chi connectivity index (χ0n) is 9.73. The van der Waals surface area contributed by atoms with Gasteiger partial charge in [0, 0.05) is 0 Å². The zero-order valence-corrected chi connectivity index (χ0v) is 9.73. The summed E-state index contributed by atoms with van der Waals surface area (Å²) in [5.41, 5.74) is 5.68. The van der Waals surface area contributed by atoms with Gasteiger partial charge in [-0.15, -0.1) is 0 Å². The van der Waals surface area contributed by atoms with Crippen molar-refractivity contribution in [2.75, 3.05) is 0 Å². The predicted molar refractivity (Wildman–Crippen MR) is 61.9 cm³/mol. The maximum absolute atomic E-state index is 11.8. The molecule has 0 aliphatic rings. The lowest BCUT2D eigenvalue weighted by Crippen LogP contribution is -2.27. The number of benzene rings is 1. The van der Waals surface area contributed by atoms with Crippen molar-refractivity contribution in [3.8, 4) is 11.5 Å². The Balaban J connectivity index is 3.18. The second-order valence-electron chi connectivity index (χ2n) is 3.97. The van der Waals surface area contributed by atoms with Crippen LogP contribution in [0.5, 0.6) is 11.5 Å². The summed E-state index contributed by atoms with van der Waals surface area (Å²) >= 11 is 0. The second-order valence-corrected chi connectivity index (χ2v) is 3.97. The fraction of sp³-hybridized carbons (Fsp3) is 0.417. The van der Waals surface area contributed by atoms with Gasteiger partial charge in [0.25, 0.3) is 0 Å². The molecule has 1 rings (SSSR count). The van der Waals surface area contributed by atoms with Crippen LogP contribution in [-0.2, 0) is 0 Å². The van der Waals surface area contributed by atoms with Crippen LogP contribution >= 0.6 is 0 Å².